The van der Waals surface area contributed by atoms with Crippen molar-refractivity contribution in [1.82, 2.24) is 5.32 Å². The largest absolute Gasteiger partial charge is 0.508 e. The Bertz CT molecular complexity index is 904. The first-order chi connectivity index (χ1) is 13.7. The summed E-state index contributed by atoms with van der Waals surface area (Å²) < 4.78 is 24.3. The van der Waals surface area contributed by atoms with Crippen molar-refractivity contribution < 1.29 is 18.3 Å². The van der Waals surface area contributed by atoms with Crippen LogP contribution in [0.3, 0.4) is 0 Å². The van der Waals surface area contributed by atoms with Crippen LogP contribution < -0.4 is 11.1 Å². The third-order valence-corrected chi connectivity index (χ3v) is 6.65. The van der Waals surface area contributed by atoms with Crippen molar-refractivity contribution in [2.24, 2.45) is 5.73 Å². The highest BCUT2D eigenvalue weighted by Crippen LogP contribution is 2.21. The Kier molecular flexibility index (Phi) is 8.22. The molecule has 1 amide bonds. The Morgan fingerprint density at radius 2 is 1.72 bits per heavy atom. The molecule has 4 N–H and O–H groups in total. The van der Waals surface area contributed by atoms with Crippen molar-refractivity contribution in [2.75, 3.05) is 18.1 Å². The first kappa shape index (κ1) is 22.9. The maximum atomic E-state index is 12.2. The lowest BCUT2D eigenvalue weighted by Crippen LogP contribution is -2.42. The van der Waals surface area contributed by atoms with Crippen LogP contribution in [0.25, 0.3) is 0 Å². The minimum atomic E-state index is -3.17. The van der Waals surface area contributed by atoms with Gasteiger partial charge in [0.05, 0.1) is 17.5 Å². The van der Waals surface area contributed by atoms with Gasteiger partial charge in [0.25, 0.3) is 0 Å². The van der Waals surface area contributed by atoms with Gasteiger partial charge >= 0.3 is 0 Å². The molecule has 2 aromatic carbocycles. The first-order valence-electron chi connectivity index (χ1n) is 9.74. The number of benzene rings is 2. The molecule has 0 spiro atoms. The molecular formula is C22H30N2O4S. The van der Waals surface area contributed by atoms with E-state index in [1.165, 1.54) is 0 Å². The number of aryl methyl sites for hydroxylation is 3. The molecule has 7 heteroatoms. The molecule has 2 aromatic rings. The molecular weight excluding hydrogens is 388 g/mol. The minimum Gasteiger partial charge on any atom is -0.508 e. The van der Waals surface area contributed by atoms with Gasteiger partial charge in [0.1, 0.15) is 5.75 Å². The summed E-state index contributed by atoms with van der Waals surface area (Å²) in [5.41, 5.74) is 9.72. The van der Waals surface area contributed by atoms with E-state index in [4.69, 9.17) is 5.73 Å². The van der Waals surface area contributed by atoms with Gasteiger partial charge in [-0.1, -0.05) is 30.3 Å². The van der Waals surface area contributed by atoms with Crippen molar-refractivity contribution in [2.45, 2.75) is 39.2 Å². The number of phenols is 1. The number of rotatable bonds is 10. The molecule has 6 nitrogen and oxygen atoms in total. The number of nitrogens with one attached hydrogen (secondary N) is 1. The Balaban J connectivity index is 1.74. The van der Waals surface area contributed by atoms with E-state index in [2.05, 4.69) is 5.32 Å². The Labute approximate surface area is 173 Å². The fourth-order valence-corrected chi connectivity index (χ4v) is 4.59. The highest BCUT2D eigenvalue weighted by Gasteiger charge is 2.17. The van der Waals surface area contributed by atoms with Crippen LogP contribution in [-0.4, -0.2) is 43.5 Å². The van der Waals surface area contributed by atoms with E-state index in [1.54, 1.807) is 12.1 Å². The number of phenolic OH excluding ortho intramolecular Hbond substituents is 1. The smallest absolute Gasteiger partial charge is 0.237 e. The minimum absolute atomic E-state index is 0.0333. The van der Waals surface area contributed by atoms with Crippen molar-refractivity contribution >= 4 is 15.7 Å². The van der Waals surface area contributed by atoms with Gasteiger partial charge in [-0.25, -0.2) is 8.42 Å². The standard InChI is InChI=1S/C22H30N2O4S/c1-16-13-19(25)14-17(2)20(16)15-21(23)22(26)24-10-6-11-29(27,28)12-9-18-7-4-3-5-8-18/h3-5,7-8,13-14,21,25H,6,9-12,15,23H2,1-2H3,(H,24,26). The number of carbonyl (C=O) groups is 1. The third kappa shape index (κ3) is 7.51. The molecule has 0 aliphatic heterocycles. The summed E-state index contributed by atoms with van der Waals surface area (Å²) in [6.45, 7) is 4.00. The molecule has 0 saturated heterocycles. The lowest BCUT2D eigenvalue weighted by Gasteiger charge is -2.16. The van der Waals surface area contributed by atoms with Crippen LogP contribution in [0.4, 0.5) is 0 Å². The Morgan fingerprint density at radius 1 is 1.10 bits per heavy atom. The number of amides is 1. The van der Waals surface area contributed by atoms with Crippen LogP contribution in [0.15, 0.2) is 42.5 Å². The average molecular weight is 419 g/mol. The summed E-state index contributed by atoms with van der Waals surface area (Å²) in [5.74, 6) is 0.0175. The molecule has 0 aliphatic carbocycles. The molecule has 1 atom stereocenters. The van der Waals surface area contributed by atoms with Gasteiger partial charge in [0.15, 0.2) is 9.84 Å². The quantitative estimate of drug-likeness (QED) is 0.512. The number of hydrogen-bond donors (Lipinski definition) is 3. The molecule has 1 unspecified atom stereocenters. The van der Waals surface area contributed by atoms with E-state index in [0.717, 1.165) is 22.3 Å². The van der Waals surface area contributed by atoms with E-state index < -0.39 is 15.9 Å². The zero-order valence-electron chi connectivity index (χ0n) is 17.0. The maximum Gasteiger partial charge on any atom is 0.237 e. The Morgan fingerprint density at radius 3 is 2.34 bits per heavy atom. The van der Waals surface area contributed by atoms with Gasteiger partial charge in [0, 0.05) is 6.54 Å². The van der Waals surface area contributed by atoms with Gasteiger partial charge in [-0.05, 0) is 67.5 Å². The normalized spacial score (nSPS) is 12.5. The summed E-state index contributed by atoms with van der Waals surface area (Å²) in [7, 11) is -3.17. The molecule has 0 aromatic heterocycles. The predicted octanol–water partition coefficient (Wildman–Crippen LogP) is 2.04. The topological polar surface area (TPSA) is 109 Å². The summed E-state index contributed by atoms with van der Waals surface area (Å²) >= 11 is 0. The molecule has 0 radical (unpaired) electrons. The summed E-state index contributed by atoms with van der Waals surface area (Å²) in [4.78, 5) is 12.2. The number of hydrogen-bond acceptors (Lipinski definition) is 5. The molecule has 0 bridgehead atoms. The number of nitrogens with two attached hydrogens (primary N) is 1. The average Bonchev–Trinajstić information content (AvgIpc) is 2.67. The zero-order valence-corrected chi connectivity index (χ0v) is 17.8. The molecule has 0 heterocycles. The van der Waals surface area contributed by atoms with Crippen LogP contribution in [-0.2, 0) is 27.5 Å². The highest BCUT2D eigenvalue weighted by molar-refractivity contribution is 7.91. The van der Waals surface area contributed by atoms with Crippen molar-refractivity contribution in [3.05, 3.63) is 64.7 Å². The molecule has 29 heavy (non-hydrogen) atoms. The van der Waals surface area contributed by atoms with Gasteiger partial charge < -0.3 is 16.2 Å². The van der Waals surface area contributed by atoms with Gasteiger partial charge in [0.2, 0.25) is 5.91 Å². The van der Waals surface area contributed by atoms with Gasteiger partial charge in [-0.2, -0.15) is 0 Å². The van der Waals surface area contributed by atoms with Crippen LogP contribution in [0, 0.1) is 13.8 Å². The van der Waals surface area contributed by atoms with E-state index in [9.17, 15) is 18.3 Å². The van der Waals surface area contributed by atoms with Crippen molar-refractivity contribution in [1.29, 1.82) is 0 Å². The summed E-state index contributed by atoms with van der Waals surface area (Å²) in [5, 5.41) is 12.3. The Hall–Kier alpha value is -2.38. The molecule has 0 aliphatic rings. The van der Waals surface area contributed by atoms with Crippen molar-refractivity contribution in [3.63, 3.8) is 0 Å². The third-order valence-electron chi connectivity index (χ3n) is 4.92. The van der Waals surface area contributed by atoms with E-state index in [1.807, 2.05) is 44.2 Å². The second-order valence-electron chi connectivity index (χ2n) is 7.40. The SMILES string of the molecule is Cc1cc(O)cc(C)c1CC(N)C(=O)NCCCS(=O)(=O)CCc1ccccc1. The molecule has 0 fully saturated rings. The maximum absolute atomic E-state index is 12.2. The number of aromatic hydroxyl groups is 1. The molecule has 158 valence electrons. The summed E-state index contributed by atoms with van der Waals surface area (Å²) in [6, 6.07) is 12.1. The summed E-state index contributed by atoms with van der Waals surface area (Å²) in [6.07, 6.45) is 1.21. The zero-order chi connectivity index (χ0) is 21.4. The van der Waals surface area contributed by atoms with Crippen LogP contribution in [0.1, 0.15) is 28.7 Å². The van der Waals surface area contributed by atoms with Crippen LogP contribution in [0.2, 0.25) is 0 Å². The van der Waals surface area contributed by atoms with E-state index in [0.29, 0.717) is 19.3 Å². The first-order valence-corrected chi connectivity index (χ1v) is 11.6. The monoisotopic (exact) mass is 418 g/mol. The second kappa shape index (κ2) is 10.4. The van der Waals surface area contributed by atoms with Crippen LogP contribution in [0.5, 0.6) is 5.75 Å². The highest BCUT2D eigenvalue weighted by atomic mass is 32.2. The van der Waals surface area contributed by atoms with Gasteiger partial charge in [-0.3, -0.25) is 4.79 Å². The van der Waals surface area contributed by atoms with Gasteiger partial charge in [-0.15, -0.1) is 0 Å². The fraction of sp³-hybridized carbons (Fsp3) is 0.409. The van der Waals surface area contributed by atoms with Crippen LogP contribution >= 0.6 is 0 Å². The van der Waals surface area contributed by atoms with E-state index in [-0.39, 0.29) is 29.7 Å². The second-order valence-corrected chi connectivity index (χ2v) is 9.70. The molecule has 2 rings (SSSR count). The lowest BCUT2D eigenvalue weighted by atomic mass is 9.96. The molecule has 0 saturated carbocycles. The number of carbonyl (C=O) groups excluding carboxylic acids is 1. The number of sulfone groups is 1. The lowest BCUT2D eigenvalue weighted by molar-refractivity contribution is -0.122. The van der Waals surface area contributed by atoms with Crippen molar-refractivity contribution in [3.8, 4) is 5.75 Å². The predicted molar refractivity (Wildman–Crippen MR) is 116 cm³/mol. The fourth-order valence-electron chi connectivity index (χ4n) is 3.26. The van der Waals surface area contributed by atoms with E-state index >= 15 is 0 Å².